The van der Waals surface area contributed by atoms with Gasteiger partial charge in [0.15, 0.2) is 11.4 Å². The lowest BCUT2D eigenvalue weighted by atomic mass is 10.3. The van der Waals surface area contributed by atoms with Crippen molar-refractivity contribution in [3.63, 3.8) is 0 Å². The van der Waals surface area contributed by atoms with Gasteiger partial charge < -0.3 is 15.5 Å². The second-order valence-corrected chi connectivity index (χ2v) is 3.67. The number of nitrogens with two attached hydrogens (primary N) is 1. The third-order valence-electron chi connectivity index (χ3n) is 2.41. The Hall–Kier alpha value is -2.73. The fourth-order valence-corrected chi connectivity index (χ4v) is 1.62. The van der Waals surface area contributed by atoms with E-state index in [4.69, 9.17) is 4.74 Å². The number of hydrogen-bond donors (Lipinski definition) is 2. The average molecular weight is 300 g/mol. The molecular formula is C16H20N4O2. The average Bonchev–Trinajstić information content (AvgIpc) is 2.59. The zero-order chi connectivity index (χ0) is 16.4. The highest BCUT2D eigenvalue weighted by Gasteiger charge is 2.06. The Morgan fingerprint density at radius 3 is 2.41 bits per heavy atom. The minimum Gasteiger partial charge on any atom is -0.455 e. The number of aromatic nitrogens is 3. The summed E-state index contributed by atoms with van der Waals surface area (Å²) in [7, 11) is 1.50. The number of aromatic amines is 1. The molecule has 2 heterocycles. The molecule has 0 radical (unpaired) electrons. The van der Waals surface area contributed by atoms with Crippen LogP contribution in [0.5, 0.6) is 11.5 Å². The van der Waals surface area contributed by atoms with Gasteiger partial charge in [-0.05, 0) is 19.2 Å². The highest BCUT2D eigenvalue weighted by molar-refractivity contribution is 5.76. The van der Waals surface area contributed by atoms with Crippen LogP contribution in [0.1, 0.15) is 13.8 Å². The summed E-state index contributed by atoms with van der Waals surface area (Å²) in [6.07, 6.45) is 2.78. The van der Waals surface area contributed by atoms with Gasteiger partial charge >= 0.3 is 0 Å². The standard InChI is InChI=1S/C13H9N3O2.C2H6.CH5N/c17-11-8-15-12-10(6-7-14-13(12)16-11)18-9-4-2-1-3-5-9;2*1-2/h1-8H,(H,14,16,17);1-2H3;2H2,1H3. The van der Waals surface area contributed by atoms with E-state index in [1.807, 2.05) is 44.2 Å². The van der Waals surface area contributed by atoms with Gasteiger partial charge in [-0.3, -0.25) is 4.79 Å². The molecule has 6 heteroatoms. The molecule has 3 rings (SSSR count). The first kappa shape index (κ1) is 17.3. The van der Waals surface area contributed by atoms with E-state index in [1.54, 1.807) is 12.3 Å². The van der Waals surface area contributed by atoms with Crippen LogP contribution in [0, 0.1) is 0 Å². The number of rotatable bonds is 2. The maximum absolute atomic E-state index is 11.2. The van der Waals surface area contributed by atoms with Gasteiger partial charge in [-0.25, -0.2) is 9.97 Å². The van der Waals surface area contributed by atoms with Crippen molar-refractivity contribution in [3.05, 3.63) is 59.1 Å². The van der Waals surface area contributed by atoms with Crippen LogP contribution in [0.3, 0.4) is 0 Å². The zero-order valence-corrected chi connectivity index (χ0v) is 12.9. The summed E-state index contributed by atoms with van der Waals surface area (Å²) in [6.45, 7) is 4.00. The molecule has 0 bridgehead atoms. The first-order valence-corrected chi connectivity index (χ1v) is 6.97. The summed E-state index contributed by atoms with van der Waals surface area (Å²) in [5, 5.41) is 0. The van der Waals surface area contributed by atoms with Gasteiger partial charge in [0.1, 0.15) is 11.3 Å². The number of nitrogens with one attached hydrogen (secondary N) is 1. The van der Waals surface area contributed by atoms with Gasteiger partial charge in [0, 0.05) is 12.3 Å². The molecule has 0 fully saturated rings. The van der Waals surface area contributed by atoms with Crippen molar-refractivity contribution < 1.29 is 4.74 Å². The maximum Gasteiger partial charge on any atom is 0.268 e. The van der Waals surface area contributed by atoms with Gasteiger partial charge in [-0.1, -0.05) is 32.0 Å². The predicted molar refractivity (Wildman–Crippen MR) is 88.1 cm³/mol. The Morgan fingerprint density at radius 1 is 1.05 bits per heavy atom. The summed E-state index contributed by atoms with van der Waals surface area (Å²) in [5.41, 5.74) is 5.16. The number of hydrogen-bond acceptors (Lipinski definition) is 5. The first-order chi connectivity index (χ1) is 10.8. The maximum atomic E-state index is 11.2. The monoisotopic (exact) mass is 300 g/mol. The summed E-state index contributed by atoms with van der Waals surface area (Å²) >= 11 is 0. The van der Waals surface area contributed by atoms with Crippen LogP contribution < -0.4 is 16.0 Å². The van der Waals surface area contributed by atoms with Gasteiger partial charge in [-0.2, -0.15) is 0 Å². The van der Waals surface area contributed by atoms with Crippen LogP contribution in [0.2, 0.25) is 0 Å². The van der Waals surface area contributed by atoms with Crippen LogP contribution in [-0.4, -0.2) is 22.0 Å². The Balaban J connectivity index is 0.000000561. The molecule has 0 saturated heterocycles. The van der Waals surface area contributed by atoms with E-state index in [1.165, 1.54) is 13.2 Å². The summed E-state index contributed by atoms with van der Waals surface area (Å²) in [4.78, 5) is 21.9. The van der Waals surface area contributed by atoms with Crippen LogP contribution in [0.15, 0.2) is 53.6 Å². The predicted octanol–water partition coefficient (Wildman–Crippen LogP) is 2.71. The number of H-pyrrole nitrogens is 1. The largest absolute Gasteiger partial charge is 0.455 e. The zero-order valence-electron chi connectivity index (χ0n) is 12.9. The molecule has 0 saturated carbocycles. The molecule has 2 aromatic heterocycles. The fourth-order valence-electron chi connectivity index (χ4n) is 1.62. The van der Waals surface area contributed by atoms with E-state index in [-0.39, 0.29) is 5.56 Å². The third-order valence-corrected chi connectivity index (χ3v) is 2.41. The van der Waals surface area contributed by atoms with E-state index in [0.717, 1.165) is 0 Å². The van der Waals surface area contributed by atoms with Crippen LogP contribution in [0.25, 0.3) is 11.2 Å². The van der Waals surface area contributed by atoms with Crippen molar-refractivity contribution in [2.45, 2.75) is 13.8 Å². The third kappa shape index (κ3) is 4.39. The minimum atomic E-state index is -0.285. The van der Waals surface area contributed by atoms with E-state index < -0.39 is 0 Å². The number of benzene rings is 1. The number of ether oxygens (including phenoxy) is 1. The van der Waals surface area contributed by atoms with Crippen LogP contribution in [0.4, 0.5) is 0 Å². The molecule has 0 atom stereocenters. The quantitative estimate of drug-likeness (QED) is 0.759. The second-order valence-electron chi connectivity index (χ2n) is 3.67. The Kier molecular flexibility index (Phi) is 7.28. The van der Waals surface area contributed by atoms with Gasteiger partial charge in [0.25, 0.3) is 5.56 Å². The van der Waals surface area contributed by atoms with Crippen molar-refractivity contribution in [3.8, 4) is 11.5 Å². The lowest BCUT2D eigenvalue weighted by molar-refractivity contribution is 0.486. The second kappa shape index (κ2) is 9.25. The molecule has 6 nitrogen and oxygen atoms in total. The van der Waals surface area contributed by atoms with Crippen molar-refractivity contribution in [2.24, 2.45) is 5.73 Å². The molecule has 3 N–H and O–H groups in total. The normalized spacial score (nSPS) is 9.09. The molecule has 1 aromatic carbocycles. The van der Waals surface area contributed by atoms with Crippen LogP contribution in [-0.2, 0) is 0 Å². The van der Waals surface area contributed by atoms with E-state index in [0.29, 0.717) is 22.7 Å². The molecular weight excluding hydrogens is 280 g/mol. The van der Waals surface area contributed by atoms with Gasteiger partial charge in [-0.15, -0.1) is 0 Å². The smallest absolute Gasteiger partial charge is 0.268 e. The Bertz CT molecular complexity index is 742. The van der Waals surface area contributed by atoms with E-state index >= 15 is 0 Å². The molecule has 0 spiro atoms. The molecule has 0 aliphatic rings. The fraction of sp³-hybridized carbons (Fsp3) is 0.188. The molecule has 3 aromatic rings. The lowest BCUT2D eigenvalue weighted by Crippen LogP contribution is -2.06. The van der Waals surface area contributed by atoms with Gasteiger partial charge in [0.2, 0.25) is 0 Å². The number of nitrogens with zero attached hydrogens (tertiary/aromatic N) is 2. The first-order valence-electron chi connectivity index (χ1n) is 6.97. The van der Waals surface area contributed by atoms with Crippen molar-refractivity contribution in [1.29, 1.82) is 0 Å². The molecule has 22 heavy (non-hydrogen) atoms. The molecule has 0 aliphatic carbocycles. The van der Waals surface area contributed by atoms with Crippen molar-refractivity contribution >= 4 is 11.2 Å². The Morgan fingerprint density at radius 2 is 1.73 bits per heavy atom. The molecule has 0 unspecified atom stereocenters. The number of pyridine rings is 1. The van der Waals surface area contributed by atoms with E-state index in [9.17, 15) is 4.79 Å². The van der Waals surface area contributed by atoms with Gasteiger partial charge in [0.05, 0.1) is 6.20 Å². The topological polar surface area (TPSA) is 93.9 Å². The minimum absolute atomic E-state index is 0.285. The lowest BCUT2D eigenvalue weighted by Gasteiger charge is -2.06. The molecule has 116 valence electrons. The van der Waals surface area contributed by atoms with Crippen molar-refractivity contribution in [2.75, 3.05) is 7.05 Å². The van der Waals surface area contributed by atoms with E-state index in [2.05, 4.69) is 20.7 Å². The van der Waals surface area contributed by atoms with Crippen molar-refractivity contribution in [1.82, 2.24) is 15.0 Å². The van der Waals surface area contributed by atoms with Crippen LogP contribution >= 0.6 is 0 Å². The highest BCUT2D eigenvalue weighted by atomic mass is 16.5. The Labute approximate surface area is 129 Å². The summed E-state index contributed by atoms with van der Waals surface area (Å²) < 4.78 is 5.71. The number of para-hydroxylation sites is 1. The molecule has 0 amide bonds. The summed E-state index contributed by atoms with van der Waals surface area (Å²) in [5.74, 6) is 1.26. The molecule has 0 aliphatic heterocycles. The number of fused-ring (bicyclic) bond motifs is 1. The summed E-state index contributed by atoms with van der Waals surface area (Å²) in [6, 6.07) is 11.1. The SMILES string of the molecule is CC.CN.O=c1cnc2c(Oc3ccccc3)ccnc2[nH]1. The highest BCUT2D eigenvalue weighted by Crippen LogP contribution is 2.25.